The third-order valence-corrected chi connectivity index (χ3v) is 4.27. The molecule has 7 nitrogen and oxygen atoms in total. The van der Waals surface area contributed by atoms with Gasteiger partial charge in [0.15, 0.2) is 0 Å². The molecule has 0 saturated heterocycles. The Kier molecular flexibility index (Phi) is 3.34. The fourth-order valence-corrected chi connectivity index (χ4v) is 3.02. The number of nitrogens with zero attached hydrogens (tertiary/aromatic N) is 3. The van der Waals surface area contributed by atoms with Crippen LogP contribution in [0.2, 0.25) is 0 Å². The molecule has 1 aliphatic heterocycles. The maximum absolute atomic E-state index is 12.8. The van der Waals surface area contributed by atoms with Gasteiger partial charge in [0.2, 0.25) is 5.88 Å². The lowest BCUT2D eigenvalue weighted by Crippen LogP contribution is -2.16. The number of amides is 1. The van der Waals surface area contributed by atoms with Crippen LogP contribution in [0.5, 0.6) is 5.88 Å². The molecule has 0 aromatic carbocycles. The summed E-state index contributed by atoms with van der Waals surface area (Å²) in [5.41, 5.74) is 3.88. The molecule has 4 rings (SSSR count). The van der Waals surface area contributed by atoms with Crippen molar-refractivity contribution in [3.63, 3.8) is 0 Å². The normalized spacial score (nSPS) is 12.4. The van der Waals surface area contributed by atoms with Crippen LogP contribution in [0, 0.1) is 6.92 Å². The minimum absolute atomic E-state index is 0.181. The zero-order chi connectivity index (χ0) is 16.7. The van der Waals surface area contributed by atoms with Gasteiger partial charge in [-0.15, -0.1) is 0 Å². The number of H-pyrrole nitrogens is 1. The van der Waals surface area contributed by atoms with Crippen molar-refractivity contribution in [2.75, 3.05) is 12.4 Å². The van der Waals surface area contributed by atoms with Crippen LogP contribution in [-0.2, 0) is 13.0 Å². The van der Waals surface area contributed by atoms with E-state index < -0.39 is 0 Å². The summed E-state index contributed by atoms with van der Waals surface area (Å²) < 4.78 is 7.15. The van der Waals surface area contributed by atoms with Gasteiger partial charge >= 0.3 is 0 Å². The smallest absolute Gasteiger partial charge is 0.258 e. The minimum Gasteiger partial charge on any atom is -0.481 e. The summed E-state index contributed by atoms with van der Waals surface area (Å²) >= 11 is 0. The number of hydrogen-bond donors (Lipinski definition) is 2. The number of aromatic amines is 1. The van der Waals surface area contributed by atoms with Gasteiger partial charge in [0, 0.05) is 43.3 Å². The second-order valence-corrected chi connectivity index (χ2v) is 5.69. The average molecular weight is 323 g/mol. The monoisotopic (exact) mass is 323 g/mol. The highest BCUT2D eigenvalue weighted by molar-refractivity contribution is 6.09. The molecule has 122 valence electrons. The number of carbonyl (C=O) groups is 1. The zero-order valence-corrected chi connectivity index (χ0v) is 13.5. The SMILES string of the molecule is COc1ccc(NC(=O)c2c[nH]c3c2-c2nccn2CC3)c(C)n1. The lowest BCUT2D eigenvalue weighted by Gasteiger charge is -2.16. The maximum Gasteiger partial charge on any atom is 0.258 e. The molecule has 2 N–H and O–H groups in total. The number of hydrogen-bond acceptors (Lipinski definition) is 4. The molecule has 0 spiro atoms. The number of aryl methyl sites for hydroxylation is 3. The first-order valence-electron chi connectivity index (χ1n) is 7.72. The number of imidazole rings is 1. The van der Waals surface area contributed by atoms with E-state index in [9.17, 15) is 4.79 Å². The van der Waals surface area contributed by atoms with Crippen molar-refractivity contribution in [2.24, 2.45) is 0 Å². The van der Waals surface area contributed by atoms with E-state index in [1.54, 1.807) is 31.6 Å². The number of pyridine rings is 1. The molecule has 1 aliphatic rings. The topological polar surface area (TPSA) is 84.8 Å². The molecule has 0 radical (unpaired) electrons. The first-order chi connectivity index (χ1) is 11.7. The fourth-order valence-electron chi connectivity index (χ4n) is 3.02. The standard InChI is InChI=1S/C17H17N5O2/c1-10-12(3-4-14(20-10)24-2)21-17(23)11-9-19-13-5-7-22-8-6-18-16(22)15(11)13/h3-4,6,8-9,19H,5,7H2,1-2H3,(H,21,23). The summed E-state index contributed by atoms with van der Waals surface area (Å²) in [5, 5.41) is 2.92. The lowest BCUT2D eigenvalue weighted by atomic mass is 10.0. The molecule has 0 atom stereocenters. The van der Waals surface area contributed by atoms with E-state index in [2.05, 4.69) is 24.8 Å². The quantitative estimate of drug-likeness (QED) is 0.775. The van der Waals surface area contributed by atoms with Gasteiger partial charge in [-0.05, 0) is 13.0 Å². The molecule has 7 heteroatoms. The molecule has 0 unspecified atom stereocenters. The minimum atomic E-state index is -0.181. The summed E-state index contributed by atoms with van der Waals surface area (Å²) in [6, 6.07) is 3.51. The Bertz CT molecular complexity index is 925. The van der Waals surface area contributed by atoms with E-state index in [4.69, 9.17) is 4.74 Å². The maximum atomic E-state index is 12.8. The highest BCUT2D eigenvalue weighted by Gasteiger charge is 2.25. The Morgan fingerprint density at radius 2 is 2.29 bits per heavy atom. The van der Waals surface area contributed by atoms with Crippen LogP contribution in [0.25, 0.3) is 11.4 Å². The summed E-state index contributed by atoms with van der Waals surface area (Å²) in [5.74, 6) is 1.16. The largest absolute Gasteiger partial charge is 0.481 e. The highest BCUT2D eigenvalue weighted by Crippen LogP contribution is 2.31. The summed E-state index contributed by atoms with van der Waals surface area (Å²) in [6.45, 7) is 2.70. The Morgan fingerprint density at radius 1 is 1.42 bits per heavy atom. The second-order valence-electron chi connectivity index (χ2n) is 5.69. The summed E-state index contributed by atoms with van der Waals surface area (Å²) in [7, 11) is 1.56. The predicted molar refractivity (Wildman–Crippen MR) is 89.2 cm³/mol. The molecule has 0 saturated carbocycles. The van der Waals surface area contributed by atoms with Crippen molar-refractivity contribution in [3.8, 4) is 17.3 Å². The van der Waals surface area contributed by atoms with Gasteiger partial charge in [-0.2, -0.15) is 0 Å². The van der Waals surface area contributed by atoms with E-state index >= 15 is 0 Å². The Morgan fingerprint density at radius 3 is 3.08 bits per heavy atom. The number of ether oxygens (including phenoxy) is 1. The molecule has 0 bridgehead atoms. The number of methoxy groups -OCH3 is 1. The van der Waals surface area contributed by atoms with Crippen LogP contribution in [0.4, 0.5) is 5.69 Å². The number of rotatable bonds is 3. The van der Waals surface area contributed by atoms with Crippen LogP contribution in [0.15, 0.2) is 30.7 Å². The molecule has 1 amide bonds. The third-order valence-electron chi connectivity index (χ3n) is 4.27. The van der Waals surface area contributed by atoms with Crippen LogP contribution in [-0.4, -0.2) is 32.5 Å². The number of carbonyl (C=O) groups excluding carboxylic acids is 1. The van der Waals surface area contributed by atoms with Gasteiger partial charge in [0.1, 0.15) is 5.82 Å². The third kappa shape index (κ3) is 2.25. The van der Waals surface area contributed by atoms with Gasteiger partial charge in [-0.3, -0.25) is 4.79 Å². The van der Waals surface area contributed by atoms with Crippen molar-refractivity contribution < 1.29 is 9.53 Å². The van der Waals surface area contributed by atoms with Gasteiger partial charge < -0.3 is 19.6 Å². The molecule has 3 aromatic rings. The van der Waals surface area contributed by atoms with Crippen LogP contribution >= 0.6 is 0 Å². The predicted octanol–water partition coefficient (Wildman–Crippen LogP) is 2.40. The van der Waals surface area contributed by atoms with E-state index in [0.29, 0.717) is 22.8 Å². The van der Waals surface area contributed by atoms with Crippen LogP contribution < -0.4 is 10.1 Å². The zero-order valence-electron chi connectivity index (χ0n) is 13.5. The average Bonchev–Trinajstić information content (AvgIpc) is 3.21. The fraction of sp³-hybridized carbons (Fsp3) is 0.235. The van der Waals surface area contributed by atoms with Crippen molar-refractivity contribution in [3.05, 3.63) is 47.7 Å². The highest BCUT2D eigenvalue weighted by atomic mass is 16.5. The van der Waals surface area contributed by atoms with Crippen molar-refractivity contribution in [1.29, 1.82) is 0 Å². The Balaban J connectivity index is 1.67. The number of nitrogens with one attached hydrogen (secondary N) is 2. The van der Waals surface area contributed by atoms with E-state index in [0.717, 1.165) is 30.0 Å². The van der Waals surface area contributed by atoms with Gasteiger partial charge in [-0.1, -0.05) is 0 Å². The van der Waals surface area contributed by atoms with Gasteiger partial charge in [-0.25, -0.2) is 9.97 Å². The summed E-state index contributed by atoms with van der Waals surface area (Å²) in [4.78, 5) is 24.6. The first-order valence-corrected chi connectivity index (χ1v) is 7.72. The van der Waals surface area contributed by atoms with Crippen molar-refractivity contribution in [1.82, 2.24) is 19.5 Å². The van der Waals surface area contributed by atoms with Crippen LogP contribution in [0.1, 0.15) is 21.7 Å². The number of fused-ring (bicyclic) bond motifs is 3. The van der Waals surface area contributed by atoms with Crippen LogP contribution in [0.3, 0.4) is 0 Å². The molecular weight excluding hydrogens is 306 g/mol. The Hall–Kier alpha value is -3.09. The van der Waals surface area contributed by atoms with E-state index in [1.807, 2.05) is 13.1 Å². The number of aromatic nitrogens is 4. The lowest BCUT2D eigenvalue weighted by molar-refractivity contribution is 0.102. The summed E-state index contributed by atoms with van der Waals surface area (Å²) in [6.07, 6.45) is 6.30. The molecular formula is C17H17N5O2. The van der Waals surface area contributed by atoms with E-state index in [-0.39, 0.29) is 5.91 Å². The molecule has 0 fully saturated rings. The molecule has 24 heavy (non-hydrogen) atoms. The van der Waals surface area contributed by atoms with Gasteiger partial charge in [0.25, 0.3) is 5.91 Å². The van der Waals surface area contributed by atoms with Gasteiger partial charge in [0.05, 0.1) is 29.6 Å². The Labute approximate surface area is 138 Å². The van der Waals surface area contributed by atoms with Crippen molar-refractivity contribution >= 4 is 11.6 Å². The number of anilines is 1. The molecule has 4 heterocycles. The van der Waals surface area contributed by atoms with Crippen molar-refractivity contribution in [2.45, 2.75) is 19.9 Å². The first kappa shape index (κ1) is 14.5. The molecule has 3 aromatic heterocycles. The van der Waals surface area contributed by atoms with E-state index in [1.165, 1.54) is 0 Å². The second kappa shape index (κ2) is 5.52. The molecule has 0 aliphatic carbocycles.